The van der Waals surface area contributed by atoms with Crippen molar-refractivity contribution in [3.8, 4) is 0 Å². The molecule has 0 aromatic heterocycles. The Bertz CT molecular complexity index is 235. The van der Waals surface area contributed by atoms with Gasteiger partial charge in [0.05, 0.1) is 6.61 Å². The third-order valence-corrected chi connectivity index (χ3v) is 1.47. The zero-order valence-electron chi connectivity index (χ0n) is 9.73. The average Bonchev–Trinajstić information content (AvgIpc) is 2.26. The van der Waals surface area contributed by atoms with Crippen molar-refractivity contribution in [3.05, 3.63) is 12.2 Å². The van der Waals surface area contributed by atoms with Gasteiger partial charge in [-0.05, 0) is 13.3 Å². The molecule has 16 heavy (non-hydrogen) atoms. The summed E-state index contributed by atoms with van der Waals surface area (Å²) in [4.78, 5) is 21.8. The summed E-state index contributed by atoms with van der Waals surface area (Å²) in [5.41, 5.74) is 0. The maximum Gasteiger partial charge on any atom is 0.344 e. The Balaban J connectivity index is 3.41. The summed E-state index contributed by atoms with van der Waals surface area (Å²) in [7, 11) is 0. The fourth-order valence-corrected chi connectivity index (χ4v) is 0.817. The average molecular weight is 230 g/mol. The predicted molar refractivity (Wildman–Crippen MR) is 57.8 cm³/mol. The van der Waals surface area contributed by atoms with Gasteiger partial charge >= 0.3 is 11.9 Å². The molecule has 0 unspecified atom stereocenters. The van der Waals surface area contributed by atoms with E-state index in [0.29, 0.717) is 13.2 Å². The molecule has 0 amide bonds. The van der Waals surface area contributed by atoms with E-state index in [1.165, 1.54) is 12.2 Å². The monoisotopic (exact) mass is 230 g/mol. The smallest absolute Gasteiger partial charge is 0.344 e. The van der Waals surface area contributed by atoms with Crippen LogP contribution in [-0.2, 0) is 23.8 Å². The van der Waals surface area contributed by atoms with Gasteiger partial charge < -0.3 is 14.2 Å². The van der Waals surface area contributed by atoms with Crippen molar-refractivity contribution >= 4 is 11.9 Å². The van der Waals surface area contributed by atoms with E-state index < -0.39 is 11.9 Å². The van der Waals surface area contributed by atoms with Gasteiger partial charge in [-0.15, -0.1) is 0 Å². The molecule has 0 spiro atoms. The molecule has 0 aromatic rings. The number of hydrogen-bond acceptors (Lipinski definition) is 5. The van der Waals surface area contributed by atoms with Gasteiger partial charge in [-0.25, -0.2) is 9.59 Å². The number of hydrogen-bond donors (Lipinski definition) is 0. The minimum Gasteiger partial charge on any atom is -0.461 e. The first-order valence-electron chi connectivity index (χ1n) is 5.23. The third kappa shape index (κ3) is 9.21. The lowest BCUT2D eigenvalue weighted by atomic mass is 10.5. The molecule has 0 aliphatic rings. The Morgan fingerprint density at radius 1 is 1.12 bits per heavy atom. The van der Waals surface area contributed by atoms with E-state index in [9.17, 15) is 9.59 Å². The Kier molecular flexibility index (Phi) is 9.30. The number of ether oxygens (including phenoxy) is 3. The molecular formula is C11H18O5. The predicted octanol–water partition coefficient (Wildman–Crippen LogP) is 1.08. The zero-order valence-corrected chi connectivity index (χ0v) is 9.73. The summed E-state index contributed by atoms with van der Waals surface area (Å²) in [6.07, 6.45) is 3.69. The zero-order chi connectivity index (χ0) is 12.2. The van der Waals surface area contributed by atoms with Crippen LogP contribution in [0.2, 0.25) is 0 Å². The van der Waals surface area contributed by atoms with E-state index in [-0.39, 0.29) is 13.2 Å². The molecule has 5 heteroatoms. The third-order valence-electron chi connectivity index (χ3n) is 1.47. The van der Waals surface area contributed by atoms with Gasteiger partial charge in [0.25, 0.3) is 0 Å². The molecule has 5 nitrogen and oxygen atoms in total. The first kappa shape index (κ1) is 14.6. The van der Waals surface area contributed by atoms with E-state index in [0.717, 1.165) is 6.42 Å². The molecule has 0 saturated heterocycles. The molecule has 0 N–H and O–H groups in total. The minimum atomic E-state index is -0.571. The van der Waals surface area contributed by atoms with Gasteiger partial charge in [-0.1, -0.05) is 13.0 Å². The van der Waals surface area contributed by atoms with Crippen LogP contribution in [-0.4, -0.2) is 38.4 Å². The highest BCUT2D eigenvalue weighted by molar-refractivity contribution is 5.84. The highest BCUT2D eigenvalue weighted by atomic mass is 16.6. The SMILES string of the molecule is C/C=C/C(=O)OCC(=O)OCCOCCC. The van der Waals surface area contributed by atoms with Crippen molar-refractivity contribution in [2.75, 3.05) is 26.4 Å². The van der Waals surface area contributed by atoms with Crippen molar-refractivity contribution in [2.24, 2.45) is 0 Å². The minimum absolute atomic E-state index is 0.181. The van der Waals surface area contributed by atoms with Crippen LogP contribution in [0.3, 0.4) is 0 Å². The standard InChI is InChI=1S/C11H18O5/c1-3-5-10(12)16-9-11(13)15-8-7-14-6-4-2/h3,5H,4,6-9H2,1-2H3/b5-3+. The fraction of sp³-hybridized carbons (Fsp3) is 0.636. The van der Waals surface area contributed by atoms with Crippen LogP contribution in [0.5, 0.6) is 0 Å². The lowest BCUT2D eigenvalue weighted by Gasteiger charge is -2.05. The number of rotatable bonds is 8. The first-order valence-corrected chi connectivity index (χ1v) is 5.23. The summed E-state index contributed by atoms with van der Waals surface area (Å²) in [5.74, 6) is -1.13. The second-order valence-corrected chi connectivity index (χ2v) is 2.94. The summed E-state index contributed by atoms with van der Waals surface area (Å²) in [5, 5.41) is 0. The Labute approximate surface area is 95.4 Å². The molecule has 0 radical (unpaired) electrons. The molecule has 0 aliphatic carbocycles. The lowest BCUT2D eigenvalue weighted by molar-refractivity contribution is -0.157. The molecule has 0 heterocycles. The van der Waals surface area contributed by atoms with Gasteiger partial charge in [0.15, 0.2) is 6.61 Å². The van der Waals surface area contributed by atoms with E-state index in [4.69, 9.17) is 9.47 Å². The lowest BCUT2D eigenvalue weighted by Crippen LogP contribution is -2.17. The van der Waals surface area contributed by atoms with Crippen LogP contribution >= 0.6 is 0 Å². The van der Waals surface area contributed by atoms with Gasteiger partial charge in [-0.3, -0.25) is 0 Å². The highest BCUT2D eigenvalue weighted by Crippen LogP contribution is 1.87. The largest absolute Gasteiger partial charge is 0.461 e. The van der Waals surface area contributed by atoms with Crippen LogP contribution in [0.15, 0.2) is 12.2 Å². The molecule has 0 aromatic carbocycles. The van der Waals surface area contributed by atoms with Gasteiger partial charge in [0.2, 0.25) is 0 Å². The second kappa shape index (κ2) is 10.2. The number of allylic oxidation sites excluding steroid dienone is 1. The van der Waals surface area contributed by atoms with Gasteiger partial charge in [0.1, 0.15) is 6.61 Å². The molecule has 0 aliphatic heterocycles. The van der Waals surface area contributed by atoms with Crippen LogP contribution < -0.4 is 0 Å². The topological polar surface area (TPSA) is 61.8 Å². The number of carbonyl (C=O) groups is 2. The van der Waals surface area contributed by atoms with E-state index in [1.54, 1.807) is 6.92 Å². The Morgan fingerprint density at radius 2 is 1.88 bits per heavy atom. The van der Waals surface area contributed by atoms with Crippen molar-refractivity contribution < 1.29 is 23.8 Å². The molecule has 92 valence electrons. The molecule has 0 bridgehead atoms. The van der Waals surface area contributed by atoms with Gasteiger partial charge in [-0.2, -0.15) is 0 Å². The quantitative estimate of drug-likeness (QED) is 0.354. The molecule has 0 fully saturated rings. The van der Waals surface area contributed by atoms with Gasteiger partial charge in [0, 0.05) is 12.7 Å². The van der Waals surface area contributed by atoms with Crippen LogP contribution in [0.1, 0.15) is 20.3 Å². The summed E-state index contributed by atoms with van der Waals surface area (Å²) in [6.45, 7) is 4.50. The number of carbonyl (C=O) groups excluding carboxylic acids is 2. The van der Waals surface area contributed by atoms with Crippen molar-refractivity contribution in [3.63, 3.8) is 0 Å². The fourth-order valence-electron chi connectivity index (χ4n) is 0.817. The van der Waals surface area contributed by atoms with Crippen molar-refractivity contribution in [2.45, 2.75) is 20.3 Å². The molecular weight excluding hydrogens is 212 g/mol. The van der Waals surface area contributed by atoms with Crippen LogP contribution in [0.25, 0.3) is 0 Å². The Morgan fingerprint density at radius 3 is 2.50 bits per heavy atom. The normalized spacial score (nSPS) is 10.4. The second-order valence-electron chi connectivity index (χ2n) is 2.94. The van der Waals surface area contributed by atoms with E-state index >= 15 is 0 Å². The first-order chi connectivity index (χ1) is 7.70. The Hall–Kier alpha value is -1.36. The maximum absolute atomic E-state index is 11.0. The van der Waals surface area contributed by atoms with Crippen LogP contribution in [0, 0.1) is 0 Å². The summed E-state index contributed by atoms with van der Waals surface area (Å²) in [6, 6.07) is 0. The summed E-state index contributed by atoms with van der Waals surface area (Å²) < 4.78 is 14.4. The molecule has 0 saturated carbocycles. The van der Waals surface area contributed by atoms with Crippen LogP contribution in [0.4, 0.5) is 0 Å². The van der Waals surface area contributed by atoms with Crippen molar-refractivity contribution in [1.29, 1.82) is 0 Å². The maximum atomic E-state index is 11.0. The van der Waals surface area contributed by atoms with Crippen molar-refractivity contribution in [1.82, 2.24) is 0 Å². The summed E-state index contributed by atoms with van der Waals surface area (Å²) >= 11 is 0. The molecule has 0 rings (SSSR count). The highest BCUT2D eigenvalue weighted by Gasteiger charge is 2.05. The van der Waals surface area contributed by atoms with E-state index in [2.05, 4.69) is 4.74 Å². The van der Waals surface area contributed by atoms with E-state index in [1.807, 2.05) is 6.92 Å². The number of esters is 2. The molecule has 0 atom stereocenters.